The second kappa shape index (κ2) is 6.53. The number of para-hydroxylation sites is 1. The molecule has 3 rings (SSSR count). The van der Waals surface area contributed by atoms with E-state index in [4.69, 9.17) is 21.1 Å². The number of ether oxygens (including phenoxy) is 2. The Morgan fingerprint density at radius 1 is 1.21 bits per heavy atom. The fraction of sp³-hybridized carbons (Fsp3) is 0.222. The molecule has 1 heterocycles. The van der Waals surface area contributed by atoms with Crippen LogP contribution in [0.1, 0.15) is 13.8 Å². The Hall–Kier alpha value is -2.53. The number of methoxy groups -OCH3 is 1. The molecule has 5 nitrogen and oxygen atoms in total. The molecule has 0 atom stereocenters. The summed E-state index contributed by atoms with van der Waals surface area (Å²) in [5, 5.41) is 0.996. The zero-order chi connectivity index (χ0) is 17.3. The van der Waals surface area contributed by atoms with Crippen molar-refractivity contribution in [2.24, 2.45) is 0 Å². The number of nitrogens with one attached hydrogen (secondary N) is 1. The van der Waals surface area contributed by atoms with E-state index in [-0.39, 0.29) is 11.7 Å². The van der Waals surface area contributed by atoms with Gasteiger partial charge in [-0.15, -0.1) is 0 Å². The van der Waals surface area contributed by atoms with Crippen LogP contribution in [0.5, 0.6) is 11.5 Å². The number of hydrogen-bond donors (Lipinski definition) is 1. The highest BCUT2D eigenvalue weighted by Gasteiger charge is 2.18. The lowest BCUT2D eigenvalue weighted by Gasteiger charge is -2.17. The molecule has 0 saturated heterocycles. The molecule has 0 unspecified atom stereocenters. The van der Waals surface area contributed by atoms with Gasteiger partial charge < -0.3 is 14.5 Å². The molecule has 0 aliphatic heterocycles. The van der Waals surface area contributed by atoms with E-state index in [1.807, 2.05) is 19.9 Å². The first-order valence-electron chi connectivity index (χ1n) is 7.53. The number of halogens is 1. The van der Waals surface area contributed by atoms with Crippen molar-refractivity contribution in [3.8, 4) is 22.9 Å². The summed E-state index contributed by atoms with van der Waals surface area (Å²) in [4.78, 5) is 19.7. The molecule has 0 aliphatic rings. The molecule has 1 aromatic heterocycles. The Balaban J connectivity index is 2.28. The van der Waals surface area contributed by atoms with E-state index in [0.717, 1.165) is 0 Å². The third kappa shape index (κ3) is 3.08. The van der Waals surface area contributed by atoms with Crippen molar-refractivity contribution >= 4 is 22.5 Å². The van der Waals surface area contributed by atoms with Crippen molar-refractivity contribution in [2.45, 2.75) is 20.0 Å². The maximum absolute atomic E-state index is 12.3. The van der Waals surface area contributed by atoms with Crippen LogP contribution in [0, 0.1) is 0 Å². The van der Waals surface area contributed by atoms with E-state index in [0.29, 0.717) is 38.8 Å². The highest BCUT2D eigenvalue weighted by molar-refractivity contribution is 6.31. The number of rotatable bonds is 4. The number of H-pyrrole nitrogens is 1. The summed E-state index contributed by atoms with van der Waals surface area (Å²) >= 11 is 6.19. The standard InChI is InChI=1S/C18H17ClN2O3/c1-10(2)24-16-13(8-11(19)9-15(16)23-3)17-20-14-7-5-4-6-12(14)18(22)21-17/h4-10H,1-3H3,(H,20,21,22). The van der Waals surface area contributed by atoms with Gasteiger partial charge in [0.15, 0.2) is 11.5 Å². The maximum atomic E-state index is 12.3. The van der Waals surface area contributed by atoms with Crippen LogP contribution >= 0.6 is 11.6 Å². The monoisotopic (exact) mass is 344 g/mol. The van der Waals surface area contributed by atoms with Gasteiger partial charge in [-0.3, -0.25) is 4.79 Å². The predicted octanol–water partition coefficient (Wildman–Crippen LogP) is 4.04. The van der Waals surface area contributed by atoms with Gasteiger partial charge in [0.1, 0.15) is 5.82 Å². The molecule has 1 N–H and O–H groups in total. The third-order valence-corrected chi connectivity index (χ3v) is 3.68. The van der Waals surface area contributed by atoms with E-state index in [2.05, 4.69) is 9.97 Å². The second-order valence-electron chi connectivity index (χ2n) is 5.58. The quantitative estimate of drug-likeness (QED) is 0.775. The third-order valence-electron chi connectivity index (χ3n) is 3.46. The van der Waals surface area contributed by atoms with Gasteiger partial charge in [-0.1, -0.05) is 23.7 Å². The molecule has 0 fully saturated rings. The summed E-state index contributed by atoms with van der Waals surface area (Å²) in [6, 6.07) is 10.5. The van der Waals surface area contributed by atoms with Gasteiger partial charge in [-0.25, -0.2) is 4.98 Å². The Morgan fingerprint density at radius 3 is 2.67 bits per heavy atom. The molecule has 0 radical (unpaired) electrons. The SMILES string of the molecule is COc1cc(Cl)cc(-c2nc3ccccc3c(=O)[nH]2)c1OC(C)C. The van der Waals surface area contributed by atoms with E-state index in [1.54, 1.807) is 37.4 Å². The Kier molecular flexibility index (Phi) is 4.44. The molecule has 0 saturated carbocycles. The van der Waals surface area contributed by atoms with Gasteiger partial charge in [0.05, 0.1) is 29.7 Å². The van der Waals surface area contributed by atoms with Crippen molar-refractivity contribution in [1.82, 2.24) is 9.97 Å². The fourth-order valence-corrected chi connectivity index (χ4v) is 2.68. The maximum Gasteiger partial charge on any atom is 0.259 e. The molecular formula is C18H17ClN2O3. The van der Waals surface area contributed by atoms with Crippen molar-refractivity contribution < 1.29 is 9.47 Å². The molecule has 0 amide bonds. The van der Waals surface area contributed by atoms with Gasteiger partial charge in [-0.2, -0.15) is 0 Å². The molecule has 2 aromatic carbocycles. The van der Waals surface area contributed by atoms with Crippen LogP contribution in [0.15, 0.2) is 41.2 Å². The van der Waals surface area contributed by atoms with E-state index < -0.39 is 0 Å². The summed E-state index contributed by atoms with van der Waals surface area (Å²) in [5.74, 6) is 1.37. The number of nitrogens with zero attached hydrogens (tertiary/aromatic N) is 1. The average Bonchev–Trinajstić information content (AvgIpc) is 2.55. The average molecular weight is 345 g/mol. The van der Waals surface area contributed by atoms with Crippen LogP contribution in [-0.4, -0.2) is 23.2 Å². The lowest BCUT2D eigenvalue weighted by molar-refractivity contribution is 0.231. The first-order valence-corrected chi connectivity index (χ1v) is 7.91. The van der Waals surface area contributed by atoms with E-state index >= 15 is 0 Å². The predicted molar refractivity (Wildman–Crippen MR) is 95.1 cm³/mol. The molecule has 6 heteroatoms. The minimum absolute atomic E-state index is 0.0778. The fourth-order valence-electron chi connectivity index (χ4n) is 2.47. The molecule has 3 aromatic rings. The smallest absolute Gasteiger partial charge is 0.259 e. The minimum atomic E-state index is -0.218. The summed E-state index contributed by atoms with van der Waals surface area (Å²) in [5.41, 5.74) is 0.964. The van der Waals surface area contributed by atoms with Crippen molar-refractivity contribution in [1.29, 1.82) is 0 Å². The first kappa shape index (κ1) is 16.3. The van der Waals surface area contributed by atoms with Crippen LogP contribution in [0.25, 0.3) is 22.3 Å². The van der Waals surface area contributed by atoms with E-state index in [9.17, 15) is 4.79 Å². The first-order chi connectivity index (χ1) is 11.5. The number of benzene rings is 2. The molecule has 0 aliphatic carbocycles. The summed E-state index contributed by atoms with van der Waals surface area (Å²) in [6.45, 7) is 3.82. The van der Waals surface area contributed by atoms with Crippen LogP contribution < -0.4 is 15.0 Å². The number of aromatic nitrogens is 2. The van der Waals surface area contributed by atoms with Gasteiger partial charge in [0.25, 0.3) is 5.56 Å². The highest BCUT2D eigenvalue weighted by Crippen LogP contribution is 2.40. The highest BCUT2D eigenvalue weighted by atomic mass is 35.5. The lowest BCUT2D eigenvalue weighted by atomic mass is 10.1. The molecule has 124 valence electrons. The van der Waals surface area contributed by atoms with Crippen molar-refractivity contribution in [3.05, 3.63) is 51.8 Å². The van der Waals surface area contributed by atoms with Gasteiger partial charge in [0.2, 0.25) is 0 Å². The van der Waals surface area contributed by atoms with Gasteiger partial charge >= 0.3 is 0 Å². The molecular weight excluding hydrogens is 328 g/mol. The summed E-state index contributed by atoms with van der Waals surface area (Å²) < 4.78 is 11.3. The molecule has 24 heavy (non-hydrogen) atoms. The minimum Gasteiger partial charge on any atom is -0.493 e. The van der Waals surface area contributed by atoms with Gasteiger partial charge in [-0.05, 0) is 32.0 Å². The topological polar surface area (TPSA) is 64.2 Å². The zero-order valence-corrected chi connectivity index (χ0v) is 14.3. The lowest BCUT2D eigenvalue weighted by Crippen LogP contribution is -2.12. The van der Waals surface area contributed by atoms with Crippen LogP contribution in [0.2, 0.25) is 5.02 Å². The van der Waals surface area contributed by atoms with Gasteiger partial charge in [0, 0.05) is 11.1 Å². The zero-order valence-electron chi connectivity index (χ0n) is 13.6. The molecule has 0 bridgehead atoms. The largest absolute Gasteiger partial charge is 0.493 e. The summed E-state index contributed by atoms with van der Waals surface area (Å²) in [7, 11) is 1.54. The Labute approximate surface area is 144 Å². The number of fused-ring (bicyclic) bond motifs is 1. The van der Waals surface area contributed by atoms with Crippen molar-refractivity contribution in [2.75, 3.05) is 7.11 Å². The van der Waals surface area contributed by atoms with Crippen LogP contribution in [-0.2, 0) is 0 Å². The van der Waals surface area contributed by atoms with E-state index in [1.165, 1.54) is 0 Å². The van der Waals surface area contributed by atoms with Crippen LogP contribution in [0.3, 0.4) is 0 Å². The number of aromatic amines is 1. The van der Waals surface area contributed by atoms with Crippen molar-refractivity contribution in [3.63, 3.8) is 0 Å². The Morgan fingerprint density at radius 2 is 1.96 bits per heavy atom. The number of hydrogen-bond acceptors (Lipinski definition) is 4. The Bertz CT molecular complexity index is 951. The summed E-state index contributed by atoms with van der Waals surface area (Å²) in [6.07, 6.45) is -0.0778. The second-order valence-corrected chi connectivity index (χ2v) is 6.02. The van der Waals surface area contributed by atoms with Crippen LogP contribution in [0.4, 0.5) is 0 Å². The normalized spacial score (nSPS) is 11.0. The molecule has 0 spiro atoms.